The van der Waals surface area contributed by atoms with Crippen molar-refractivity contribution in [2.45, 2.75) is 25.4 Å². The quantitative estimate of drug-likeness (QED) is 0.382. The summed E-state index contributed by atoms with van der Waals surface area (Å²) in [4.78, 5) is 2.16. The van der Waals surface area contributed by atoms with Crippen LogP contribution in [0.1, 0.15) is 24.8 Å². The Balaban J connectivity index is 2.07. The molecule has 0 bridgehead atoms. The maximum absolute atomic E-state index is 8.69. The Hall–Kier alpha value is -1.27. The fourth-order valence-corrected chi connectivity index (χ4v) is 3.07. The second-order valence-electron chi connectivity index (χ2n) is 5.02. The minimum atomic E-state index is 0.107. The summed E-state index contributed by atoms with van der Waals surface area (Å²) in [7, 11) is 2.04. The lowest BCUT2D eigenvalue weighted by Crippen LogP contribution is -2.33. The molecule has 3 N–H and O–H groups in total. The van der Waals surface area contributed by atoms with Crippen LogP contribution in [0.4, 0.5) is 5.69 Å². The van der Waals surface area contributed by atoms with Gasteiger partial charge in [-0.05, 0) is 53.4 Å². The lowest BCUT2D eigenvalue weighted by atomic mass is 10.1. The van der Waals surface area contributed by atoms with Crippen LogP contribution in [0.25, 0.3) is 0 Å². The van der Waals surface area contributed by atoms with Crippen molar-refractivity contribution >= 4 is 27.5 Å². The molecular weight excluding hydrogens is 322 g/mol. The number of hydrogen-bond acceptors (Lipinski definition) is 4. The van der Waals surface area contributed by atoms with Crippen LogP contribution in [0, 0.1) is 0 Å². The van der Waals surface area contributed by atoms with Gasteiger partial charge in [0.1, 0.15) is 0 Å². The molecule has 0 aliphatic carbocycles. The van der Waals surface area contributed by atoms with Gasteiger partial charge in [-0.3, -0.25) is 0 Å². The molecule has 1 aliphatic heterocycles. The summed E-state index contributed by atoms with van der Waals surface area (Å²) in [5, 5.41) is 11.7. The summed E-state index contributed by atoms with van der Waals surface area (Å²) in [5.74, 6) is 0.107. The molecule has 1 aromatic carbocycles. The molecule has 110 valence electrons. The van der Waals surface area contributed by atoms with E-state index >= 15 is 0 Å². The molecule has 1 heterocycles. The van der Waals surface area contributed by atoms with Gasteiger partial charge >= 0.3 is 0 Å². The van der Waals surface area contributed by atoms with E-state index in [4.69, 9.17) is 15.7 Å². The van der Waals surface area contributed by atoms with Gasteiger partial charge in [0, 0.05) is 30.2 Å². The van der Waals surface area contributed by atoms with Gasteiger partial charge in [-0.2, -0.15) is 0 Å². The van der Waals surface area contributed by atoms with Crippen molar-refractivity contribution in [3.05, 3.63) is 28.2 Å². The number of ether oxygens (including phenoxy) is 1. The van der Waals surface area contributed by atoms with E-state index in [9.17, 15) is 0 Å². The van der Waals surface area contributed by atoms with Crippen molar-refractivity contribution in [3.63, 3.8) is 0 Å². The molecule has 5 nitrogen and oxygen atoms in total. The predicted octanol–water partition coefficient (Wildman–Crippen LogP) is 2.55. The number of nitrogens with zero attached hydrogens (tertiary/aromatic N) is 2. The van der Waals surface area contributed by atoms with Gasteiger partial charge in [-0.1, -0.05) is 5.16 Å². The summed E-state index contributed by atoms with van der Waals surface area (Å²) in [6, 6.07) is 5.65. The number of rotatable bonds is 4. The summed E-state index contributed by atoms with van der Waals surface area (Å²) >= 11 is 3.54. The third-order valence-electron chi connectivity index (χ3n) is 3.51. The first-order chi connectivity index (χ1) is 9.61. The zero-order valence-electron chi connectivity index (χ0n) is 11.6. The van der Waals surface area contributed by atoms with Crippen molar-refractivity contribution < 1.29 is 9.94 Å². The number of likely N-dealkylation sites (N-methyl/N-ethyl adjacent to an activating group) is 1. The highest BCUT2D eigenvalue weighted by Gasteiger charge is 2.17. The average Bonchev–Trinajstić information content (AvgIpc) is 2.47. The number of nitrogens with two attached hydrogens (primary N) is 1. The van der Waals surface area contributed by atoms with Crippen LogP contribution in [0.5, 0.6) is 0 Å². The predicted molar refractivity (Wildman–Crippen MR) is 83.5 cm³/mol. The number of benzene rings is 1. The zero-order valence-corrected chi connectivity index (χ0v) is 13.1. The Bertz CT molecular complexity index is 487. The number of oxime groups is 1. The highest BCUT2D eigenvalue weighted by Crippen LogP contribution is 2.27. The van der Waals surface area contributed by atoms with E-state index in [0.29, 0.717) is 11.7 Å². The standard InChI is InChI=1S/C14H20BrN3O2/c1-18(9-11-4-2-3-7-20-11)13-6-5-10(8-12(13)15)14(16)17-19/h5-6,8,11,19H,2-4,7,9H2,1H3,(H2,16,17). The Kier molecular flexibility index (Phi) is 5.25. The Morgan fingerprint density at radius 1 is 1.55 bits per heavy atom. The zero-order chi connectivity index (χ0) is 14.5. The first kappa shape index (κ1) is 15.1. The third kappa shape index (κ3) is 3.64. The lowest BCUT2D eigenvalue weighted by Gasteiger charge is -2.29. The molecular formula is C14H20BrN3O2. The topological polar surface area (TPSA) is 71.1 Å². The van der Waals surface area contributed by atoms with E-state index in [0.717, 1.165) is 29.7 Å². The van der Waals surface area contributed by atoms with Gasteiger partial charge in [0.05, 0.1) is 11.8 Å². The lowest BCUT2D eigenvalue weighted by molar-refractivity contribution is 0.0216. The van der Waals surface area contributed by atoms with Gasteiger partial charge in [0.15, 0.2) is 5.84 Å². The van der Waals surface area contributed by atoms with Crippen molar-refractivity contribution in [1.82, 2.24) is 0 Å². The average molecular weight is 342 g/mol. The number of halogens is 1. The van der Waals surface area contributed by atoms with Crippen molar-refractivity contribution in [1.29, 1.82) is 0 Å². The molecule has 6 heteroatoms. The first-order valence-corrected chi connectivity index (χ1v) is 7.51. The molecule has 2 rings (SSSR count). The van der Waals surface area contributed by atoms with Crippen molar-refractivity contribution in [2.75, 3.05) is 25.1 Å². The van der Waals surface area contributed by atoms with Gasteiger partial charge in [0.2, 0.25) is 0 Å². The fraction of sp³-hybridized carbons (Fsp3) is 0.500. The van der Waals surface area contributed by atoms with Crippen LogP contribution >= 0.6 is 15.9 Å². The maximum Gasteiger partial charge on any atom is 0.170 e. The number of hydrogen-bond donors (Lipinski definition) is 2. The minimum Gasteiger partial charge on any atom is -0.409 e. The van der Waals surface area contributed by atoms with Crippen molar-refractivity contribution in [3.8, 4) is 0 Å². The Labute approximate surface area is 127 Å². The van der Waals surface area contributed by atoms with E-state index in [1.165, 1.54) is 12.8 Å². The van der Waals surface area contributed by atoms with Crippen LogP contribution < -0.4 is 10.6 Å². The second kappa shape index (κ2) is 6.95. The highest BCUT2D eigenvalue weighted by atomic mass is 79.9. The van der Waals surface area contributed by atoms with Crippen LogP contribution in [0.15, 0.2) is 27.8 Å². The van der Waals surface area contributed by atoms with Gasteiger partial charge in [-0.15, -0.1) is 0 Å². The van der Waals surface area contributed by atoms with Crippen LogP contribution in [-0.4, -0.2) is 37.3 Å². The van der Waals surface area contributed by atoms with Crippen molar-refractivity contribution in [2.24, 2.45) is 10.9 Å². The number of amidine groups is 1. The van der Waals surface area contributed by atoms with E-state index in [1.807, 2.05) is 25.2 Å². The molecule has 0 spiro atoms. The Morgan fingerprint density at radius 3 is 2.95 bits per heavy atom. The van der Waals surface area contributed by atoms with Gasteiger partial charge in [0.25, 0.3) is 0 Å². The molecule has 1 unspecified atom stereocenters. The van der Waals surface area contributed by atoms with E-state index in [-0.39, 0.29) is 5.84 Å². The van der Waals surface area contributed by atoms with Crippen LogP contribution in [0.3, 0.4) is 0 Å². The molecule has 0 saturated carbocycles. The molecule has 1 fully saturated rings. The molecule has 0 amide bonds. The fourth-order valence-electron chi connectivity index (χ4n) is 2.39. The molecule has 1 saturated heterocycles. The third-order valence-corrected chi connectivity index (χ3v) is 4.15. The summed E-state index contributed by atoms with van der Waals surface area (Å²) in [6.07, 6.45) is 3.81. The van der Waals surface area contributed by atoms with E-state index in [2.05, 4.69) is 26.0 Å². The monoisotopic (exact) mass is 341 g/mol. The molecule has 1 aliphatic rings. The molecule has 20 heavy (non-hydrogen) atoms. The Morgan fingerprint density at radius 2 is 2.35 bits per heavy atom. The van der Waals surface area contributed by atoms with E-state index in [1.54, 1.807) is 0 Å². The minimum absolute atomic E-state index is 0.107. The maximum atomic E-state index is 8.69. The summed E-state index contributed by atoms with van der Waals surface area (Å²) in [6.45, 7) is 1.73. The van der Waals surface area contributed by atoms with Crippen LogP contribution in [-0.2, 0) is 4.74 Å². The number of anilines is 1. The van der Waals surface area contributed by atoms with Gasteiger partial charge < -0.3 is 20.6 Å². The SMILES string of the molecule is CN(CC1CCCCO1)c1ccc(/C(N)=N/O)cc1Br. The summed E-state index contributed by atoms with van der Waals surface area (Å²) in [5.41, 5.74) is 7.33. The largest absolute Gasteiger partial charge is 0.409 e. The molecule has 1 atom stereocenters. The highest BCUT2D eigenvalue weighted by molar-refractivity contribution is 9.10. The normalized spacial score (nSPS) is 19.9. The van der Waals surface area contributed by atoms with E-state index < -0.39 is 0 Å². The van der Waals surface area contributed by atoms with Crippen LogP contribution in [0.2, 0.25) is 0 Å². The summed E-state index contributed by atoms with van der Waals surface area (Å²) < 4.78 is 6.68. The second-order valence-corrected chi connectivity index (χ2v) is 5.87. The molecule has 0 aromatic heterocycles. The van der Waals surface area contributed by atoms with Gasteiger partial charge in [-0.25, -0.2) is 0 Å². The smallest absolute Gasteiger partial charge is 0.170 e. The first-order valence-electron chi connectivity index (χ1n) is 6.72. The molecule has 0 radical (unpaired) electrons. The molecule has 1 aromatic rings.